The molecule has 174 valence electrons. The van der Waals surface area contributed by atoms with E-state index in [0.29, 0.717) is 12.3 Å². The van der Waals surface area contributed by atoms with Crippen LogP contribution in [0.5, 0.6) is 0 Å². The predicted octanol–water partition coefficient (Wildman–Crippen LogP) is 3.38. The first-order valence-electron chi connectivity index (χ1n) is 11.7. The van der Waals surface area contributed by atoms with Crippen LogP contribution in [0, 0.1) is 11.3 Å². The minimum Gasteiger partial charge on any atom is -0.369 e. The number of nitrogens with one attached hydrogen (secondary N) is 1. The van der Waals surface area contributed by atoms with Crippen LogP contribution in [0.1, 0.15) is 63.6 Å². The number of fused-ring (bicyclic) bond motifs is 1. The first-order valence-corrected chi connectivity index (χ1v) is 11.7. The van der Waals surface area contributed by atoms with Crippen molar-refractivity contribution in [1.82, 2.24) is 29.9 Å². The highest BCUT2D eigenvalue weighted by molar-refractivity contribution is 5.92. The van der Waals surface area contributed by atoms with Crippen molar-refractivity contribution in [1.29, 1.82) is 5.26 Å². The highest BCUT2D eigenvalue weighted by Crippen LogP contribution is 2.37. The molecule has 0 radical (unpaired) electrons. The van der Waals surface area contributed by atoms with Gasteiger partial charge in [0.05, 0.1) is 29.3 Å². The average Bonchev–Trinajstić information content (AvgIpc) is 3.44. The molecule has 2 unspecified atom stereocenters. The number of ether oxygens (including phenoxy) is 2. The van der Waals surface area contributed by atoms with Gasteiger partial charge in [-0.2, -0.15) is 15.5 Å². The molecule has 3 aromatic rings. The molecule has 0 spiro atoms. The van der Waals surface area contributed by atoms with Crippen LogP contribution in [0.2, 0.25) is 0 Å². The number of aromatic nitrogens is 5. The molecule has 2 aliphatic rings. The van der Waals surface area contributed by atoms with E-state index in [2.05, 4.69) is 18.3 Å². The molecule has 3 aromatic heterocycles. The van der Waals surface area contributed by atoms with Crippen LogP contribution in [0.4, 0.5) is 0 Å². The van der Waals surface area contributed by atoms with Gasteiger partial charge in [-0.25, -0.2) is 9.67 Å². The Labute approximate surface area is 193 Å². The third-order valence-electron chi connectivity index (χ3n) is 6.68. The van der Waals surface area contributed by atoms with Crippen LogP contribution in [-0.4, -0.2) is 50.3 Å². The van der Waals surface area contributed by atoms with Gasteiger partial charge in [-0.15, -0.1) is 0 Å². The smallest absolute Gasteiger partial charge is 0.150 e. The van der Waals surface area contributed by atoms with Crippen LogP contribution >= 0.6 is 0 Å². The van der Waals surface area contributed by atoms with E-state index in [1.165, 1.54) is 0 Å². The second-order valence-electron chi connectivity index (χ2n) is 9.54. The molecule has 0 bridgehead atoms. The van der Waals surface area contributed by atoms with E-state index < -0.39 is 5.41 Å². The first-order chi connectivity index (χ1) is 15.9. The molecule has 0 amide bonds. The maximum absolute atomic E-state index is 9.95. The SMILES string of the molecule is CC1NCCO[C@H]1c1cc(C(C)(C)C#N)c2c(n1)c(-c1ccn(C3CCCCO3)n1)nn2C. The standard InChI is InChI=1S/C24H31N7O2/c1-15-23(33-12-9-26-15)18-13-16(24(2,3)14-25)22-21(27-18)20(29-30(22)4)17-8-10-31(28-17)19-7-5-6-11-32-19/h8,10,13,15,19,23,26H,5-7,9,11-12H2,1-4H3/t15?,19?,23-/m1/s1. The Hall–Kier alpha value is -2.80. The van der Waals surface area contributed by atoms with Gasteiger partial charge in [0.1, 0.15) is 29.2 Å². The molecular formula is C24H31N7O2. The summed E-state index contributed by atoms with van der Waals surface area (Å²) >= 11 is 0. The summed E-state index contributed by atoms with van der Waals surface area (Å²) in [6, 6.07) is 6.54. The van der Waals surface area contributed by atoms with Crippen LogP contribution < -0.4 is 5.32 Å². The van der Waals surface area contributed by atoms with Gasteiger partial charge in [-0.05, 0) is 52.2 Å². The number of nitrogens with zero attached hydrogens (tertiary/aromatic N) is 6. The highest BCUT2D eigenvalue weighted by atomic mass is 16.5. The summed E-state index contributed by atoms with van der Waals surface area (Å²) in [5.41, 5.74) is 4.02. The Balaban J connectivity index is 1.66. The Morgan fingerprint density at radius 1 is 1.21 bits per heavy atom. The fourth-order valence-corrected chi connectivity index (χ4v) is 4.78. The molecule has 0 aromatic carbocycles. The van der Waals surface area contributed by atoms with Gasteiger partial charge in [0, 0.05) is 38.0 Å². The second-order valence-corrected chi connectivity index (χ2v) is 9.54. The van der Waals surface area contributed by atoms with Gasteiger partial charge in [-0.3, -0.25) is 4.68 Å². The number of aryl methyl sites for hydroxylation is 1. The maximum atomic E-state index is 9.95. The highest BCUT2D eigenvalue weighted by Gasteiger charge is 2.32. The summed E-state index contributed by atoms with van der Waals surface area (Å²) in [4.78, 5) is 5.04. The molecule has 33 heavy (non-hydrogen) atoms. The molecule has 1 N–H and O–H groups in total. The molecule has 3 atom stereocenters. The number of morpholine rings is 1. The third kappa shape index (κ3) is 3.92. The Morgan fingerprint density at radius 3 is 2.79 bits per heavy atom. The van der Waals surface area contributed by atoms with Gasteiger partial charge < -0.3 is 14.8 Å². The Morgan fingerprint density at radius 2 is 2.06 bits per heavy atom. The first kappa shape index (κ1) is 22.0. The molecule has 9 nitrogen and oxygen atoms in total. The van der Waals surface area contributed by atoms with E-state index in [0.717, 1.165) is 60.4 Å². The molecule has 5 rings (SSSR count). The minimum atomic E-state index is -0.721. The van der Waals surface area contributed by atoms with E-state index in [9.17, 15) is 5.26 Å². The lowest BCUT2D eigenvalue weighted by molar-refractivity contribution is -0.0393. The maximum Gasteiger partial charge on any atom is 0.150 e. The summed E-state index contributed by atoms with van der Waals surface area (Å²) in [5, 5.41) is 23.0. The van der Waals surface area contributed by atoms with Crippen molar-refractivity contribution in [3.8, 4) is 17.5 Å². The van der Waals surface area contributed by atoms with Crippen LogP contribution in [0.15, 0.2) is 18.3 Å². The van der Waals surface area contributed by atoms with Crippen molar-refractivity contribution in [2.45, 2.75) is 63.8 Å². The van der Waals surface area contributed by atoms with Crippen molar-refractivity contribution >= 4 is 11.0 Å². The molecule has 2 fully saturated rings. The molecule has 2 saturated heterocycles. The lowest BCUT2D eigenvalue weighted by Gasteiger charge is -2.30. The summed E-state index contributed by atoms with van der Waals surface area (Å²) < 4.78 is 15.7. The summed E-state index contributed by atoms with van der Waals surface area (Å²) in [5.74, 6) is 0. The third-order valence-corrected chi connectivity index (χ3v) is 6.68. The van der Waals surface area contributed by atoms with E-state index >= 15 is 0 Å². The Bertz CT molecular complexity index is 1200. The largest absolute Gasteiger partial charge is 0.369 e. The number of hydrogen-bond acceptors (Lipinski definition) is 7. The van der Waals surface area contributed by atoms with Crippen LogP contribution in [0.3, 0.4) is 0 Å². The molecular weight excluding hydrogens is 418 g/mol. The number of hydrogen-bond donors (Lipinski definition) is 1. The summed E-state index contributed by atoms with van der Waals surface area (Å²) in [7, 11) is 1.90. The van der Waals surface area contributed by atoms with E-state index in [4.69, 9.17) is 24.7 Å². The second kappa shape index (κ2) is 8.52. The van der Waals surface area contributed by atoms with Crippen molar-refractivity contribution in [2.24, 2.45) is 7.05 Å². The van der Waals surface area contributed by atoms with Crippen molar-refractivity contribution in [3.63, 3.8) is 0 Å². The van der Waals surface area contributed by atoms with Gasteiger partial charge in [0.25, 0.3) is 0 Å². The van der Waals surface area contributed by atoms with Gasteiger partial charge in [-0.1, -0.05) is 0 Å². The lowest BCUT2D eigenvalue weighted by atomic mass is 9.84. The quantitative estimate of drug-likeness (QED) is 0.651. The summed E-state index contributed by atoms with van der Waals surface area (Å²) in [6.07, 6.45) is 4.90. The fourth-order valence-electron chi connectivity index (χ4n) is 4.78. The minimum absolute atomic E-state index is 0.0401. The predicted molar refractivity (Wildman–Crippen MR) is 123 cm³/mol. The van der Waals surface area contributed by atoms with Gasteiger partial charge in [0.15, 0.2) is 0 Å². The molecule has 2 aliphatic heterocycles. The van der Waals surface area contributed by atoms with E-state index in [1.807, 2.05) is 48.6 Å². The molecule has 5 heterocycles. The van der Waals surface area contributed by atoms with Crippen molar-refractivity contribution in [3.05, 3.63) is 29.6 Å². The van der Waals surface area contributed by atoms with Gasteiger partial charge >= 0.3 is 0 Å². The zero-order valence-electron chi connectivity index (χ0n) is 19.7. The zero-order chi connectivity index (χ0) is 23.2. The molecule has 9 heteroatoms. The monoisotopic (exact) mass is 449 g/mol. The fraction of sp³-hybridized carbons (Fsp3) is 0.583. The number of rotatable bonds is 4. The van der Waals surface area contributed by atoms with Crippen LogP contribution in [-0.2, 0) is 21.9 Å². The van der Waals surface area contributed by atoms with E-state index in [-0.39, 0.29) is 18.4 Å². The topological polar surface area (TPSA) is 103 Å². The number of pyridine rings is 1. The number of nitriles is 1. The van der Waals surface area contributed by atoms with Gasteiger partial charge in [0.2, 0.25) is 0 Å². The average molecular weight is 450 g/mol. The van der Waals surface area contributed by atoms with E-state index in [1.54, 1.807) is 0 Å². The Kier molecular flexibility index (Phi) is 5.69. The van der Waals surface area contributed by atoms with Crippen molar-refractivity contribution < 1.29 is 9.47 Å². The molecule has 0 saturated carbocycles. The van der Waals surface area contributed by atoms with Crippen molar-refractivity contribution in [2.75, 3.05) is 19.8 Å². The van der Waals surface area contributed by atoms with Crippen LogP contribution in [0.25, 0.3) is 22.4 Å². The normalized spacial score (nSPS) is 24.2. The summed E-state index contributed by atoms with van der Waals surface area (Å²) in [6.45, 7) is 8.15. The zero-order valence-corrected chi connectivity index (χ0v) is 19.7. The lowest BCUT2D eigenvalue weighted by Crippen LogP contribution is -2.41. The molecule has 0 aliphatic carbocycles.